The van der Waals surface area contributed by atoms with Gasteiger partial charge in [0.1, 0.15) is 6.04 Å². The highest BCUT2D eigenvalue weighted by Gasteiger charge is 2.38. The zero-order chi connectivity index (χ0) is 11.4. The minimum Gasteiger partial charge on any atom is -0.468 e. The van der Waals surface area contributed by atoms with Gasteiger partial charge in [0.05, 0.1) is 13.2 Å². The Morgan fingerprint density at radius 3 is 2.36 bits per heavy atom. The van der Waals surface area contributed by atoms with Crippen molar-refractivity contribution >= 4 is 5.97 Å². The maximum atomic E-state index is 11.3. The third kappa shape index (κ3) is 2.96. The van der Waals surface area contributed by atoms with E-state index in [0.29, 0.717) is 6.61 Å². The summed E-state index contributed by atoms with van der Waals surface area (Å²) in [6, 6.07) is -0.658. The number of hydrogen-bond acceptors (Lipinski definition) is 4. The monoisotopic (exact) mass is 203 g/mol. The Labute approximate surface area is 85.8 Å². The Kier molecular flexibility index (Phi) is 5.08. The number of methoxy groups -OCH3 is 1. The summed E-state index contributed by atoms with van der Waals surface area (Å²) in [7, 11) is 1.34. The van der Waals surface area contributed by atoms with Crippen LogP contribution in [0.5, 0.6) is 0 Å². The number of ether oxygens (including phenoxy) is 2. The molecule has 0 rings (SSSR count). The molecule has 0 saturated heterocycles. The lowest BCUT2D eigenvalue weighted by molar-refractivity contribution is -0.148. The van der Waals surface area contributed by atoms with Crippen molar-refractivity contribution in [3.63, 3.8) is 0 Å². The van der Waals surface area contributed by atoms with Gasteiger partial charge >= 0.3 is 5.97 Å². The van der Waals surface area contributed by atoms with Gasteiger partial charge in [-0.25, -0.2) is 0 Å². The summed E-state index contributed by atoms with van der Waals surface area (Å²) < 4.78 is 10.0. The highest BCUT2D eigenvalue weighted by molar-refractivity contribution is 5.76. The van der Waals surface area contributed by atoms with E-state index in [1.807, 2.05) is 27.7 Å². The molecular weight excluding hydrogens is 182 g/mol. The second-order valence-electron chi connectivity index (χ2n) is 3.92. The van der Waals surface area contributed by atoms with E-state index in [1.54, 1.807) is 0 Å². The molecule has 4 heteroatoms. The molecule has 0 radical (unpaired) electrons. The third-order valence-corrected chi connectivity index (χ3v) is 2.72. The molecule has 0 saturated carbocycles. The maximum absolute atomic E-state index is 11.3. The molecule has 2 N–H and O–H groups in total. The Morgan fingerprint density at radius 2 is 2.00 bits per heavy atom. The molecule has 0 aromatic rings. The minimum absolute atomic E-state index is 0.0819. The lowest BCUT2D eigenvalue weighted by atomic mass is 9.80. The smallest absolute Gasteiger partial charge is 0.323 e. The lowest BCUT2D eigenvalue weighted by Crippen LogP contribution is -2.50. The fourth-order valence-corrected chi connectivity index (χ4v) is 1.15. The third-order valence-electron chi connectivity index (χ3n) is 2.72. The molecule has 0 aliphatic heterocycles. The zero-order valence-electron chi connectivity index (χ0n) is 9.66. The van der Waals surface area contributed by atoms with Crippen LogP contribution in [-0.4, -0.2) is 31.8 Å². The number of carbonyl (C=O) groups is 1. The molecule has 0 aliphatic carbocycles. The Bertz CT molecular complexity index is 192. The summed E-state index contributed by atoms with van der Waals surface area (Å²) >= 11 is 0. The van der Waals surface area contributed by atoms with Gasteiger partial charge in [0.15, 0.2) is 0 Å². The van der Waals surface area contributed by atoms with E-state index in [-0.39, 0.29) is 6.10 Å². The van der Waals surface area contributed by atoms with E-state index in [1.165, 1.54) is 7.11 Å². The molecule has 0 bridgehead atoms. The van der Waals surface area contributed by atoms with Crippen LogP contribution in [0.2, 0.25) is 0 Å². The fraction of sp³-hybridized carbons (Fsp3) is 0.900. The highest BCUT2D eigenvalue weighted by atomic mass is 16.5. The molecule has 0 aromatic carbocycles. The van der Waals surface area contributed by atoms with E-state index in [2.05, 4.69) is 4.74 Å². The largest absolute Gasteiger partial charge is 0.468 e. The van der Waals surface area contributed by atoms with Gasteiger partial charge in [0.25, 0.3) is 0 Å². The van der Waals surface area contributed by atoms with Crippen LogP contribution in [0, 0.1) is 5.41 Å². The average Bonchev–Trinajstić information content (AvgIpc) is 2.15. The van der Waals surface area contributed by atoms with Crippen molar-refractivity contribution in [3.05, 3.63) is 0 Å². The van der Waals surface area contributed by atoms with Crippen molar-refractivity contribution < 1.29 is 14.3 Å². The van der Waals surface area contributed by atoms with Crippen molar-refractivity contribution in [1.29, 1.82) is 0 Å². The number of hydrogen-bond donors (Lipinski definition) is 1. The first-order valence-electron chi connectivity index (χ1n) is 4.82. The summed E-state index contributed by atoms with van der Waals surface area (Å²) in [6.07, 6.45) is -0.0819. The van der Waals surface area contributed by atoms with Gasteiger partial charge in [-0.05, 0) is 13.8 Å². The van der Waals surface area contributed by atoms with Crippen LogP contribution >= 0.6 is 0 Å². The van der Waals surface area contributed by atoms with Crippen molar-refractivity contribution in [3.8, 4) is 0 Å². The summed E-state index contributed by atoms with van der Waals surface area (Å²) in [5.74, 6) is -0.401. The van der Waals surface area contributed by atoms with Gasteiger partial charge in [-0.3, -0.25) is 4.79 Å². The molecule has 0 aromatic heterocycles. The second-order valence-corrected chi connectivity index (χ2v) is 3.92. The molecule has 0 aliphatic rings. The van der Waals surface area contributed by atoms with E-state index >= 15 is 0 Å². The number of esters is 1. The molecule has 14 heavy (non-hydrogen) atoms. The Morgan fingerprint density at radius 1 is 1.50 bits per heavy atom. The lowest BCUT2D eigenvalue weighted by Gasteiger charge is -2.35. The van der Waals surface area contributed by atoms with E-state index in [9.17, 15) is 4.79 Å². The van der Waals surface area contributed by atoms with Gasteiger partial charge < -0.3 is 15.2 Å². The summed E-state index contributed by atoms with van der Waals surface area (Å²) in [4.78, 5) is 11.3. The van der Waals surface area contributed by atoms with Crippen LogP contribution < -0.4 is 5.73 Å². The molecule has 0 spiro atoms. The first kappa shape index (κ1) is 13.4. The molecule has 0 amide bonds. The van der Waals surface area contributed by atoms with Gasteiger partial charge in [0.2, 0.25) is 0 Å². The van der Waals surface area contributed by atoms with Crippen LogP contribution in [-0.2, 0) is 14.3 Å². The number of nitrogens with two attached hydrogens (primary N) is 1. The number of rotatable bonds is 5. The molecule has 4 nitrogen and oxygen atoms in total. The van der Waals surface area contributed by atoms with Crippen LogP contribution in [0.1, 0.15) is 27.7 Å². The molecule has 2 unspecified atom stereocenters. The molecule has 0 heterocycles. The maximum Gasteiger partial charge on any atom is 0.323 e. The van der Waals surface area contributed by atoms with Crippen LogP contribution in [0.4, 0.5) is 0 Å². The Hall–Kier alpha value is -0.610. The topological polar surface area (TPSA) is 61.5 Å². The van der Waals surface area contributed by atoms with Crippen LogP contribution in [0.3, 0.4) is 0 Å². The quantitative estimate of drug-likeness (QED) is 0.675. The van der Waals surface area contributed by atoms with E-state index in [4.69, 9.17) is 10.5 Å². The van der Waals surface area contributed by atoms with Gasteiger partial charge in [0, 0.05) is 12.0 Å². The van der Waals surface area contributed by atoms with E-state index < -0.39 is 17.4 Å². The highest BCUT2D eigenvalue weighted by Crippen LogP contribution is 2.27. The first-order chi connectivity index (χ1) is 6.37. The summed E-state index contributed by atoms with van der Waals surface area (Å²) in [5, 5.41) is 0. The van der Waals surface area contributed by atoms with Crippen LogP contribution in [0.15, 0.2) is 0 Å². The van der Waals surface area contributed by atoms with Crippen molar-refractivity contribution in [2.24, 2.45) is 11.1 Å². The van der Waals surface area contributed by atoms with Gasteiger partial charge in [-0.2, -0.15) is 0 Å². The fourth-order valence-electron chi connectivity index (χ4n) is 1.15. The minimum atomic E-state index is -0.658. The predicted octanol–water partition coefficient (Wildman–Crippen LogP) is 0.938. The van der Waals surface area contributed by atoms with Crippen molar-refractivity contribution in [2.45, 2.75) is 39.8 Å². The van der Waals surface area contributed by atoms with E-state index in [0.717, 1.165) is 0 Å². The first-order valence-corrected chi connectivity index (χ1v) is 4.82. The normalized spacial score (nSPS) is 16.1. The molecular formula is C10H21NO3. The zero-order valence-corrected chi connectivity index (χ0v) is 9.66. The van der Waals surface area contributed by atoms with Crippen molar-refractivity contribution in [2.75, 3.05) is 13.7 Å². The number of carbonyl (C=O) groups excluding carboxylic acids is 1. The molecule has 0 fully saturated rings. The summed E-state index contributed by atoms with van der Waals surface area (Å²) in [5.41, 5.74) is 5.35. The average molecular weight is 203 g/mol. The Balaban J connectivity index is 4.50. The molecule has 2 atom stereocenters. The van der Waals surface area contributed by atoms with Gasteiger partial charge in [-0.1, -0.05) is 13.8 Å². The van der Waals surface area contributed by atoms with Gasteiger partial charge in [-0.15, -0.1) is 0 Å². The molecule has 84 valence electrons. The van der Waals surface area contributed by atoms with Crippen LogP contribution in [0.25, 0.3) is 0 Å². The SMILES string of the molecule is CCOC(C)C(C)(C)C(N)C(=O)OC. The summed E-state index contributed by atoms with van der Waals surface area (Å²) in [6.45, 7) is 8.23. The van der Waals surface area contributed by atoms with Crippen molar-refractivity contribution in [1.82, 2.24) is 0 Å². The second kappa shape index (κ2) is 5.32. The predicted molar refractivity (Wildman–Crippen MR) is 54.9 cm³/mol. The standard InChI is InChI=1S/C10H21NO3/c1-6-14-7(2)10(3,4)8(11)9(12)13-5/h7-8H,6,11H2,1-5H3.